The number of hydrogen-bond acceptors (Lipinski definition) is 2. The number of carbonyl (C=O) groups is 2. The molecule has 0 aromatic heterocycles. The quantitative estimate of drug-likeness (QED) is 0.747. The van der Waals surface area contributed by atoms with Gasteiger partial charge in [0.25, 0.3) is 0 Å². The fourth-order valence-electron chi connectivity index (χ4n) is 2.36. The molecule has 0 spiro atoms. The fraction of sp³-hybridized carbons (Fsp3) is 0.263. The Labute approximate surface area is 141 Å². The summed E-state index contributed by atoms with van der Waals surface area (Å²) in [5.74, 6) is -0.874. The molecule has 0 atom stereocenters. The van der Waals surface area contributed by atoms with Gasteiger partial charge < -0.3 is 15.7 Å². The lowest BCUT2D eigenvalue weighted by Gasteiger charge is -2.25. The zero-order valence-electron chi connectivity index (χ0n) is 13.9. The lowest BCUT2D eigenvalue weighted by Crippen LogP contribution is -2.45. The van der Waals surface area contributed by atoms with Gasteiger partial charge in [-0.2, -0.15) is 0 Å². The number of rotatable bonds is 6. The summed E-state index contributed by atoms with van der Waals surface area (Å²) in [5, 5.41) is 14.4. The van der Waals surface area contributed by atoms with Crippen molar-refractivity contribution in [3.05, 3.63) is 54.6 Å². The highest BCUT2D eigenvalue weighted by Crippen LogP contribution is 2.22. The van der Waals surface area contributed by atoms with E-state index >= 15 is 0 Å². The number of urea groups is 1. The van der Waals surface area contributed by atoms with E-state index in [0.717, 1.165) is 11.1 Å². The minimum atomic E-state index is -0.874. The lowest BCUT2D eigenvalue weighted by atomic mass is 9.99. The maximum absolute atomic E-state index is 12.2. The average Bonchev–Trinajstić information content (AvgIpc) is 2.53. The van der Waals surface area contributed by atoms with Gasteiger partial charge in [-0.1, -0.05) is 42.5 Å². The minimum Gasteiger partial charge on any atom is -0.481 e. The second-order valence-corrected chi connectivity index (χ2v) is 6.30. The van der Waals surface area contributed by atoms with Gasteiger partial charge in [0.2, 0.25) is 0 Å². The van der Waals surface area contributed by atoms with Gasteiger partial charge in [0.05, 0.1) is 0 Å². The van der Waals surface area contributed by atoms with E-state index in [9.17, 15) is 9.59 Å². The highest BCUT2D eigenvalue weighted by molar-refractivity contribution is 5.90. The van der Waals surface area contributed by atoms with E-state index in [1.165, 1.54) is 0 Å². The van der Waals surface area contributed by atoms with Crippen LogP contribution < -0.4 is 10.6 Å². The van der Waals surface area contributed by atoms with Crippen LogP contribution in [0.5, 0.6) is 0 Å². The average molecular weight is 326 g/mol. The van der Waals surface area contributed by atoms with Crippen LogP contribution in [-0.4, -0.2) is 22.6 Å². The highest BCUT2D eigenvalue weighted by atomic mass is 16.4. The van der Waals surface area contributed by atoms with Crippen LogP contribution >= 0.6 is 0 Å². The first kappa shape index (κ1) is 17.5. The van der Waals surface area contributed by atoms with Gasteiger partial charge in [-0.3, -0.25) is 4.79 Å². The Hall–Kier alpha value is -2.82. The van der Waals surface area contributed by atoms with E-state index in [1.54, 1.807) is 13.8 Å². The van der Waals surface area contributed by atoms with Gasteiger partial charge in [-0.05, 0) is 43.5 Å². The van der Waals surface area contributed by atoms with Gasteiger partial charge in [0.15, 0.2) is 0 Å². The number of benzene rings is 2. The summed E-state index contributed by atoms with van der Waals surface area (Å²) in [6, 6.07) is 17.1. The number of anilines is 1. The number of nitrogens with one attached hydrogen (secondary N) is 2. The number of carboxylic acid groups (broad SMARTS) is 1. The van der Waals surface area contributed by atoms with Crippen molar-refractivity contribution in [3.8, 4) is 11.1 Å². The largest absolute Gasteiger partial charge is 0.481 e. The van der Waals surface area contributed by atoms with Gasteiger partial charge >= 0.3 is 12.0 Å². The number of amides is 2. The molecule has 5 heteroatoms. The third kappa shape index (κ3) is 5.43. The van der Waals surface area contributed by atoms with E-state index in [-0.39, 0.29) is 12.5 Å². The van der Waals surface area contributed by atoms with Crippen molar-refractivity contribution in [3.63, 3.8) is 0 Å². The SMILES string of the molecule is CC(C)(CCC(=O)O)NC(=O)Nc1cccc(-c2ccccc2)c1. The standard InChI is InChI=1S/C19H22N2O3/c1-19(2,12-11-17(22)23)21-18(24)20-16-10-6-9-15(13-16)14-7-4-3-5-8-14/h3-10,13H,11-12H2,1-2H3,(H,22,23)(H2,20,21,24). The number of aliphatic carboxylic acids is 1. The van der Waals surface area contributed by atoms with Crippen molar-refractivity contribution in [2.45, 2.75) is 32.2 Å². The molecule has 0 unspecified atom stereocenters. The molecule has 126 valence electrons. The van der Waals surface area contributed by atoms with Crippen LogP contribution in [0.3, 0.4) is 0 Å². The summed E-state index contributed by atoms with van der Waals surface area (Å²) in [7, 11) is 0. The summed E-state index contributed by atoms with van der Waals surface area (Å²) in [4.78, 5) is 22.8. The van der Waals surface area contributed by atoms with Crippen molar-refractivity contribution in [2.24, 2.45) is 0 Å². The molecular formula is C19H22N2O3. The summed E-state index contributed by atoms with van der Waals surface area (Å²) < 4.78 is 0. The van der Waals surface area contributed by atoms with Crippen LogP contribution in [0.4, 0.5) is 10.5 Å². The molecule has 0 bridgehead atoms. The second kappa shape index (κ2) is 7.64. The molecule has 0 fully saturated rings. The Morgan fingerprint density at radius 1 is 1.00 bits per heavy atom. The fourth-order valence-corrected chi connectivity index (χ4v) is 2.36. The number of carboxylic acids is 1. The summed E-state index contributed by atoms with van der Waals surface area (Å²) >= 11 is 0. The molecule has 0 radical (unpaired) electrons. The Balaban J connectivity index is 2.00. The first-order valence-corrected chi connectivity index (χ1v) is 7.82. The third-order valence-electron chi connectivity index (χ3n) is 3.64. The molecule has 2 aromatic rings. The van der Waals surface area contributed by atoms with Gasteiger partial charge in [0, 0.05) is 17.6 Å². The maximum atomic E-state index is 12.2. The van der Waals surface area contributed by atoms with Crippen molar-refractivity contribution < 1.29 is 14.7 Å². The number of carbonyl (C=O) groups excluding carboxylic acids is 1. The van der Waals surface area contributed by atoms with Crippen molar-refractivity contribution in [1.82, 2.24) is 5.32 Å². The summed E-state index contributed by atoms with van der Waals surface area (Å²) in [6.45, 7) is 3.60. The van der Waals surface area contributed by atoms with Crippen LogP contribution in [0.25, 0.3) is 11.1 Å². The van der Waals surface area contributed by atoms with E-state index < -0.39 is 11.5 Å². The van der Waals surface area contributed by atoms with E-state index in [4.69, 9.17) is 5.11 Å². The molecule has 2 amide bonds. The first-order chi connectivity index (χ1) is 11.4. The Morgan fingerprint density at radius 3 is 2.33 bits per heavy atom. The van der Waals surface area contributed by atoms with Gasteiger partial charge in [-0.25, -0.2) is 4.79 Å². The molecule has 0 aliphatic heterocycles. The second-order valence-electron chi connectivity index (χ2n) is 6.30. The topological polar surface area (TPSA) is 78.4 Å². The van der Waals surface area contributed by atoms with Gasteiger partial charge in [-0.15, -0.1) is 0 Å². The van der Waals surface area contributed by atoms with Crippen molar-refractivity contribution >= 4 is 17.7 Å². The van der Waals surface area contributed by atoms with Gasteiger partial charge in [0.1, 0.15) is 0 Å². The molecule has 5 nitrogen and oxygen atoms in total. The normalized spacial score (nSPS) is 10.9. The molecule has 24 heavy (non-hydrogen) atoms. The molecule has 0 saturated carbocycles. The Kier molecular flexibility index (Phi) is 5.58. The summed E-state index contributed by atoms with van der Waals surface area (Å²) in [5.41, 5.74) is 2.17. The Bertz CT molecular complexity index is 712. The monoisotopic (exact) mass is 326 g/mol. The maximum Gasteiger partial charge on any atom is 0.319 e. The van der Waals surface area contributed by atoms with Crippen LogP contribution in [0, 0.1) is 0 Å². The minimum absolute atomic E-state index is 0.0107. The Morgan fingerprint density at radius 2 is 1.67 bits per heavy atom. The molecular weight excluding hydrogens is 304 g/mol. The highest BCUT2D eigenvalue weighted by Gasteiger charge is 2.21. The zero-order valence-corrected chi connectivity index (χ0v) is 13.9. The van der Waals surface area contributed by atoms with Crippen LogP contribution in [0.2, 0.25) is 0 Å². The summed E-state index contributed by atoms with van der Waals surface area (Å²) in [6.07, 6.45) is 0.372. The molecule has 0 aliphatic carbocycles. The lowest BCUT2D eigenvalue weighted by molar-refractivity contribution is -0.137. The number of hydrogen-bond donors (Lipinski definition) is 3. The zero-order chi connectivity index (χ0) is 17.6. The molecule has 0 heterocycles. The first-order valence-electron chi connectivity index (χ1n) is 7.82. The van der Waals surface area contributed by atoms with E-state index in [2.05, 4.69) is 10.6 Å². The van der Waals surface area contributed by atoms with E-state index in [1.807, 2.05) is 54.6 Å². The molecule has 2 rings (SSSR count). The third-order valence-corrected chi connectivity index (χ3v) is 3.64. The van der Waals surface area contributed by atoms with Crippen molar-refractivity contribution in [2.75, 3.05) is 5.32 Å². The molecule has 2 aromatic carbocycles. The smallest absolute Gasteiger partial charge is 0.319 e. The molecule has 3 N–H and O–H groups in total. The van der Waals surface area contributed by atoms with Crippen LogP contribution in [0.1, 0.15) is 26.7 Å². The van der Waals surface area contributed by atoms with E-state index in [0.29, 0.717) is 12.1 Å². The molecule has 0 saturated heterocycles. The molecule has 0 aliphatic rings. The predicted octanol–water partition coefficient (Wildman–Crippen LogP) is 4.12. The van der Waals surface area contributed by atoms with Crippen LogP contribution in [0.15, 0.2) is 54.6 Å². The predicted molar refractivity (Wildman–Crippen MR) is 95.0 cm³/mol. The van der Waals surface area contributed by atoms with Crippen LogP contribution in [-0.2, 0) is 4.79 Å². The van der Waals surface area contributed by atoms with Crippen molar-refractivity contribution in [1.29, 1.82) is 0 Å².